The predicted molar refractivity (Wildman–Crippen MR) is 110 cm³/mol. The summed E-state index contributed by atoms with van der Waals surface area (Å²) in [5.74, 6) is -0.423. The van der Waals surface area contributed by atoms with E-state index in [2.05, 4.69) is 14.8 Å². The number of piperazine rings is 1. The van der Waals surface area contributed by atoms with Crippen molar-refractivity contribution in [1.82, 2.24) is 14.3 Å². The number of ether oxygens (including phenoxy) is 1. The number of carbonyl (C=O) groups excluding carboxylic acids is 1. The number of rotatable bonds is 6. The van der Waals surface area contributed by atoms with E-state index in [1.54, 1.807) is 24.3 Å². The van der Waals surface area contributed by atoms with Crippen LogP contribution in [0.5, 0.6) is 0 Å². The van der Waals surface area contributed by atoms with Crippen molar-refractivity contribution in [2.45, 2.75) is 12.6 Å². The van der Waals surface area contributed by atoms with Crippen LogP contribution in [0.2, 0.25) is 0 Å². The fraction of sp³-hybridized carbons (Fsp3) is 0.316. The summed E-state index contributed by atoms with van der Waals surface area (Å²) in [6.45, 7) is 1.72. The second kappa shape index (κ2) is 9.99. The highest BCUT2D eigenvalue weighted by Gasteiger charge is 2.32. The number of halogens is 1. The summed E-state index contributed by atoms with van der Waals surface area (Å²) in [4.78, 5) is 11.5. The molecule has 7 nitrogen and oxygen atoms in total. The standard InChI is InChI=1S/C19H23N3O4S.ClH/c1-26-19(23)17-9-7-15(8-10-17)13-21-27(24,25)22-12-11-20-14-18(22)16-5-3-2-4-6-16;/h2-10,18,20-21H,11-14H2,1H3;1H. The van der Waals surface area contributed by atoms with Crippen molar-refractivity contribution in [2.75, 3.05) is 26.7 Å². The minimum Gasteiger partial charge on any atom is -0.465 e. The summed E-state index contributed by atoms with van der Waals surface area (Å²) < 4.78 is 34.6. The Morgan fingerprint density at radius 3 is 2.50 bits per heavy atom. The van der Waals surface area contributed by atoms with Crippen molar-refractivity contribution < 1.29 is 17.9 Å². The van der Waals surface area contributed by atoms with Gasteiger partial charge in [-0.1, -0.05) is 42.5 Å². The summed E-state index contributed by atoms with van der Waals surface area (Å²) in [6.07, 6.45) is 0. The van der Waals surface area contributed by atoms with Crippen molar-refractivity contribution in [3.63, 3.8) is 0 Å². The van der Waals surface area contributed by atoms with Gasteiger partial charge < -0.3 is 10.1 Å². The topological polar surface area (TPSA) is 87.7 Å². The lowest BCUT2D eigenvalue weighted by molar-refractivity contribution is 0.0600. The van der Waals surface area contributed by atoms with Gasteiger partial charge in [0.2, 0.25) is 0 Å². The molecule has 152 valence electrons. The number of esters is 1. The fourth-order valence-corrected chi connectivity index (χ4v) is 4.44. The zero-order valence-electron chi connectivity index (χ0n) is 15.5. The van der Waals surface area contributed by atoms with Gasteiger partial charge >= 0.3 is 5.97 Å². The molecule has 0 saturated carbocycles. The molecular formula is C19H24ClN3O4S. The molecule has 0 aromatic heterocycles. The van der Waals surface area contributed by atoms with Gasteiger partial charge in [-0.05, 0) is 23.3 Å². The molecule has 2 aromatic carbocycles. The Morgan fingerprint density at radius 2 is 1.86 bits per heavy atom. The van der Waals surface area contributed by atoms with Gasteiger partial charge in [-0.25, -0.2) is 4.79 Å². The third-order valence-corrected chi connectivity index (χ3v) is 6.08. The predicted octanol–water partition coefficient (Wildman–Crippen LogP) is 1.88. The Morgan fingerprint density at radius 1 is 1.18 bits per heavy atom. The molecular weight excluding hydrogens is 402 g/mol. The van der Waals surface area contributed by atoms with Gasteiger partial charge in [-0.15, -0.1) is 12.4 Å². The highest BCUT2D eigenvalue weighted by atomic mass is 35.5. The lowest BCUT2D eigenvalue weighted by atomic mass is 10.1. The molecule has 1 aliphatic rings. The second-order valence-corrected chi connectivity index (χ2v) is 7.96. The molecule has 1 atom stereocenters. The Kier molecular flexibility index (Phi) is 7.97. The van der Waals surface area contributed by atoms with Crippen LogP contribution in [0.25, 0.3) is 0 Å². The minimum atomic E-state index is -3.66. The maximum absolute atomic E-state index is 12.9. The Hall–Kier alpha value is -1.97. The van der Waals surface area contributed by atoms with Crippen LogP contribution in [0.15, 0.2) is 54.6 Å². The number of nitrogens with one attached hydrogen (secondary N) is 2. The van der Waals surface area contributed by atoms with E-state index in [9.17, 15) is 13.2 Å². The minimum absolute atomic E-state index is 0. The molecule has 0 spiro atoms. The third-order valence-electron chi connectivity index (χ3n) is 4.52. The molecule has 9 heteroatoms. The number of carbonyl (C=O) groups is 1. The summed E-state index contributed by atoms with van der Waals surface area (Å²) in [5.41, 5.74) is 2.14. The molecule has 28 heavy (non-hydrogen) atoms. The van der Waals surface area contributed by atoms with Gasteiger partial charge in [0.1, 0.15) is 0 Å². The normalized spacial score (nSPS) is 17.5. The molecule has 3 rings (SSSR count). The van der Waals surface area contributed by atoms with E-state index in [1.165, 1.54) is 11.4 Å². The quantitative estimate of drug-likeness (QED) is 0.690. The second-order valence-electron chi connectivity index (χ2n) is 6.26. The van der Waals surface area contributed by atoms with Crippen molar-refractivity contribution in [2.24, 2.45) is 0 Å². The zero-order chi connectivity index (χ0) is 19.3. The largest absolute Gasteiger partial charge is 0.465 e. The van der Waals surface area contributed by atoms with Gasteiger partial charge in [0.05, 0.1) is 18.7 Å². The first-order valence-corrected chi connectivity index (χ1v) is 10.1. The van der Waals surface area contributed by atoms with E-state index in [0.29, 0.717) is 25.2 Å². The molecule has 1 heterocycles. The lowest BCUT2D eigenvalue weighted by Gasteiger charge is -2.35. The summed E-state index contributed by atoms with van der Waals surface area (Å²) >= 11 is 0. The van der Waals surface area contributed by atoms with Gasteiger partial charge in [0.15, 0.2) is 0 Å². The van der Waals surface area contributed by atoms with Crippen LogP contribution < -0.4 is 10.0 Å². The highest BCUT2D eigenvalue weighted by molar-refractivity contribution is 7.87. The number of hydrogen-bond acceptors (Lipinski definition) is 5. The van der Waals surface area contributed by atoms with E-state index in [4.69, 9.17) is 0 Å². The van der Waals surface area contributed by atoms with Crippen LogP contribution in [-0.2, 0) is 21.5 Å². The molecule has 0 bridgehead atoms. The van der Waals surface area contributed by atoms with Crippen LogP contribution in [-0.4, -0.2) is 45.4 Å². The number of nitrogens with zero attached hydrogens (tertiary/aromatic N) is 1. The van der Waals surface area contributed by atoms with Gasteiger partial charge in [0, 0.05) is 26.2 Å². The van der Waals surface area contributed by atoms with E-state index >= 15 is 0 Å². The van der Waals surface area contributed by atoms with Crippen molar-refractivity contribution in [3.05, 3.63) is 71.3 Å². The van der Waals surface area contributed by atoms with Gasteiger partial charge in [-0.2, -0.15) is 17.4 Å². The van der Waals surface area contributed by atoms with Crippen molar-refractivity contribution in [1.29, 1.82) is 0 Å². The maximum atomic E-state index is 12.9. The Labute approximate surface area is 171 Å². The molecule has 1 saturated heterocycles. The average Bonchev–Trinajstić information content (AvgIpc) is 2.73. The van der Waals surface area contributed by atoms with Crippen LogP contribution in [0.1, 0.15) is 27.5 Å². The number of hydrogen-bond donors (Lipinski definition) is 2. The molecule has 0 radical (unpaired) electrons. The smallest absolute Gasteiger partial charge is 0.337 e. The fourth-order valence-electron chi connectivity index (χ4n) is 3.07. The first-order chi connectivity index (χ1) is 13.0. The van der Waals surface area contributed by atoms with E-state index < -0.39 is 16.2 Å². The molecule has 0 aliphatic carbocycles. The highest BCUT2D eigenvalue weighted by Crippen LogP contribution is 2.24. The van der Waals surface area contributed by atoms with Crippen LogP contribution in [0.4, 0.5) is 0 Å². The summed E-state index contributed by atoms with van der Waals surface area (Å²) in [5, 5.41) is 3.25. The monoisotopic (exact) mass is 425 g/mol. The average molecular weight is 426 g/mol. The van der Waals surface area contributed by atoms with Gasteiger partial charge in [0.25, 0.3) is 10.2 Å². The molecule has 2 N–H and O–H groups in total. The number of methoxy groups -OCH3 is 1. The van der Waals surface area contributed by atoms with E-state index in [0.717, 1.165) is 11.1 Å². The molecule has 1 unspecified atom stereocenters. The molecule has 1 aliphatic heterocycles. The summed E-state index contributed by atoms with van der Waals surface area (Å²) in [6, 6.07) is 16.0. The SMILES string of the molecule is COC(=O)c1ccc(CNS(=O)(=O)N2CCNCC2c2ccccc2)cc1.Cl. The number of benzene rings is 2. The first kappa shape index (κ1) is 22.3. The third kappa shape index (κ3) is 5.30. The van der Waals surface area contributed by atoms with E-state index in [-0.39, 0.29) is 25.0 Å². The van der Waals surface area contributed by atoms with Gasteiger partial charge in [-0.3, -0.25) is 0 Å². The molecule has 2 aromatic rings. The Bertz CT molecular complexity index is 876. The van der Waals surface area contributed by atoms with Crippen LogP contribution >= 0.6 is 12.4 Å². The summed E-state index contributed by atoms with van der Waals surface area (Å²) in [7, 11) is -2.34. The van der Waals surface area contributed by atoms with Crippen molar-refractivity contribution >= 4 is 28.6 Å². The van der Waals surface area contributed by atoms with Crippen LogP contribution in [0.3, 0.4) is 0 Å². The first-order valence-electron chi connectivity index (χ1n) is 8.70. The maximum Gasteiger partial charge on any atom is 0.337 e. The Balaban J connectivity index is 0.00000280. The van der Waals surface area contributed by atoms with E-state index in [1.807, 2.05) is 30.3 Å². The van der Waals surface area contributed by atoms with Crippen LogP contribution in [0, 0.1) is 0 Å². The molecule has 1 fully saturated rings. The lowest BCUT2D eigenvalue weighted by Crippen LogP contribution is -2.52. The molecule has 0 amide bonds. The van der Waals surface area contributed by atoms with Crippen molar-refractivity contribution in [3.8, 4) is 0 Å². The zero-order valence-corrected chi connectivity index (χ0v) is 17.1.